The molecule has 2 atom stereocenters. The van der Waals surface area contributed by atoms with Crippen molar-refractivity contribution in [2.75, 3.05) is 11.9 Å². The van der Waals surface area contributed by atoms with Crippen LogP contribution in [0.15, 0.2) is 66.7 Å². The second kappa shape index (κ2) is 12.3. The standard InChI is InChI=1S/C29H32ClNO4/c1-3-27(35-28-14-8-9-17-33-28)34-19-21-11-5-7-13-26(21)31-22-15-16-24(25(30)18-22)29(32)23-12-6-4-10-20(23)2/h4-7,10-13,15-16,18,27-28,31H,3,8-9,14,17,19H2,1-2H3. The van der Waals surface area contributed by atoms with E-state index >= 15 is 0 Å². The summed E-state index contributed by atoms with van der Waals surface area (Å²) >= 11 is 6.53. The number of hydrogen-bond acceptors (Lipinski definition) is 5. The Morgan fingerprint density at radius 3 is 2.63 bits per heavy atom. The van der Waals surface area contributed by atoms with Crippen molar-refractivity contribution in [3.05, 3.63) is 94.0 Å². The Hall–Kier alpha value is -2.70. The summed E-state index contributed by atoms with van der Waals surface area (Å²) in [6, 6.07) is 20.9. The molecule has 4 rings (SSSR count). The highest BCUT2D eigenvalue weighted by atomic mass is 35.5. The molecule has 1 N–H and O–H groups in total. The molecule has 0 radical (unpaired) electrons. The lowest BCUT2D eigenvalue weighted by Gasteiger charge is -2.27. The Morgan fingerprint density at radius 2 is 1.89 bits per heavy atom. The molecule has 5 nitrogen and oxygen atoms in total. The van der Waals surface area contributed by atoms with Crippen LogP contribution in [0.5, 0.6) is 0 Å². The van der Waals surface area contributed by atoms with Gasteiger partial charge >= 0.3 is 0 Å². The fourth-order valence-corrected chi connectivity index (χ4v) is 4.36. The molecular formula is C29H32ClNO4. The van der Waals surface area contributed by atoms with Gasteiger partial charge in [-0.15, -0.1) is 0 Å². The highest BCUT2D eigenvalue weighted by molar-refractivity contribution is 6.35. The zero-order valence-electron chi connectivity index (χ0n) is 20.3. The molecule has 0 aromatic heterocycles. The molecule has 0 aliphatic carbocycles. The molecule has 1 saturated heterocycles. The summed E-state index contributed by atoms with van der Waals surface area (Å²) in [4.78, 5) is 13.0. The number of ether oxygens (including phenoxy) is 3. The first-order chi connectivity index (χ1) is 17.0. The molecule has 1 aliphatic rings. The van der Waals surface area contributed by atoms with Crippen molar-refractivity contribution in [3.8, 4) is 0 Å². The van der Waals surface area contributed by atoms with Crippen molar-refractivity contribution in [1.29, 1.82) is 0 Å². The maximum atomic E-state index is 13.0. The van der Waals surface area contributed by atoms with Crippen LogP contribution < -0.4 is 5.32 Å². The lowest BCUT2D eigenvalue weighted by molar-refractivity contribution is -0.259. The van der Waals surface area contributed by atoms with Crippen LogP contribution in [-0.4, -0.2) is 25.0 Å². The molecule has 2 unspecified atom stereocenters. The second-order valence-electron chi connectivity index (χ2n) is 8.70. The summed E-state index contributed by atoms with van der Waals surface area (Å²) in [5.74, 6) is -0.0824. The van der Waals surface area contributed by atoms with Crippen molar-refractivity contribution in [2.45, 2.75) is 58.7 Å². The van der Waals surface area contributed by atoms with Gasteiger partial charge in [0.2, 0.25) is 0 Å². The Morgan fingerprint density at radius 1 is 1.09 bits per heavy atom. The van der Waals surface area contributed by atoms with Gasteiger partial charge in [0.15, 0.2) is 18.4 Å². The van der Waals surface area contributed by atoms with E-state index in [2.05, 4.69) is 5.32 Å². The summed E-state index contributed by atoms with van der Waals surface area (Å²) in [6.07, 6.45) is 3.33. The van der Waals surface area contributed by atoms with E-state index < -0.39 is 0 Å². The third-order valence-corrected chi connectivity index (χ3v) is 6.41. The number of aryl methyl sites for hydroxylation is 1. The zero-order valence-corrected chi connectivity index (χ0v) is 21.0. The predicted octanol–water partition coefficient (Wildman–Crippen LogP) is 7.42. The summed E-state index contributed by atoms with van der Waals surface area (Å²) < 4.78 is 17.8. The molecule has 6 heteroatoms. The number of carbonyl (C=O) groups excluding carboxylic acids is 1. The van der Waals surface area contributed by atoms with Crippen LogP contribution in [0.3, 0.4) is 0 Å². The maximum absolute atomic E-state index is 13.0. The van der Waals surface area contributed by atoms with Crippen LogP contribution in [-0.2, 0) is 20.8 Å². The number of halogens is 1. The largest absolute Gasteiger partial charge is 0.355 e. The Labute approximate surface area is 212 Å². The first kappa shape index (κ1) is 25.4. The topological polar surface area (TPSA) is 56.8 Å². The lowest BCUT2D eigenvalue weighted by atomic mass is 9.99. The zero-order chi connectivity index (χ0) is 24.6. The van der Waals surface area contributed by atoms with Crippen molar-refractivity contribution in [1.82, 2.24) is 0 Å². The quantitative estimate of drug-likeness (QED) is 0.235. The average Bonchev–Trinajstić information content (AvgIpc) is 2.88. The SMILES string of the molecule is CCC(OCc1ccccc1Nc1ccc(C(=O)c2ccccc2C)c(Cl)c1)OC1CCCCO1. The molecular weight excluding hydrogens is 462 g/mol. The minimum Gasteiger partial charge on any atom is -0.355 e. The summed E-state index contributed by atoms with van der Waals surface area (Å²) in [6.45, 7) is 5.10. The van der Waals surface area contributed by atoms with Crippen LogP contribution >= 0.6 is 11.6 Å². The van der Waals surface area contributed by atoms with E-state index in [1.807, 2.05) is 68.4 Å². The van der Waals surface area contributed by atoms with E-state index in [1.165, 1.54) is 0 Å². The number of ketones is 1. The Balaban J connectivity index is 1.43. The highest BCUT2D eigenvalue weighted by Crippen LogP contribution is 2.28. The van der Waals surface area contributed by atoms with Crippen LogP contribution in [0, 0.1) is 6.92 Å². The molecule has 0 saturated carbocycles. The normalized spacial score (nSPS) is 16.6. The fraction of sp³-hybridized carbons (Fsp3) is 0.345. The Bertz CT molecular complexity index is 1140. The van der Waals surface area contributed by atoms with Crippen molar-refractivity contribution < 1.29 is 19.0 Å². The van der Waals surface area contributed by atoms with Gasteiger partial charge in [-0.1, -0.05) is 61.0 Å². The highest BCUT2D eigenvalue weighted by Gasteiger charge is 2.20. The molecule has 35 heavy (non-hydrogen) atoms. The van der Waals surface area contributed by atoms with E-state index in [0.717, 1.165) is 54.8 Å². The molecule has 1 aliphatic heterocycles. The van der Waals surface area contributed by atoms with E-state index in [9.17, 15) is 4.79 Å². The van der Waals surface area contributed by atoms with Crippen LogP contribution in [0.2, 0.25) is 5.02 Å². The summed E-state index contributed by atoms with van der Waals surface area (Å²) in [7, 11) is 0. The Kier molecular flexibility index (Phi) is 8.94. The van der Waals surface area contributed by atoms with Gasteiger partial charge in [-0.3, -0.25) is 4.79 Å². The molecule has 1 fully saturated rings. The minimum atomic E-state index is -0.327. The van der Waals surface area contributed by atoms with Crippen molar-refractivity contribution in [3.63, 3.8) is 0 Å². The van der Waals surface area contributed by atoms with Gasteiger partial charge in [-0.25, -0.2) is 0 Å². The summed E-state index contributed by atoms with van der Waals surface area (Å²) in [5, 5.41) is 3.82. The monoisotopic (exact) mass is 493 g/mol. The third-order valence-electron chi connectivity index (χ3n) is 6.10. The van der Waals surface area contributed by atoms with Gasteiger partial charge < -0.3 is 19.5 Å². The van der Waals surface area contributed by atoms with Crippen molar-refractivity contribution in [2.24, 2.45) is 0 Å². The number of carbonyl (C=O) groups is 1. The van der Waals surface area contributed by atoms with E-state index in [-0.39, 0.29) is 18.4 Å². The number of rotatable bonds is 10. The minimum absolute atomic E-state index is 0.0824. The van der Waals surface area contributed by atoms with Gasteiger partial charge in [0, 0.05) is 34.7 Å². The number of hydrogen-bond donors (Lipinski definition) is 1. The van der Waals surface area contributed by atoms with E-state index in [4.69, 9.17) is 25.8 Å². The first-order valence-electron chi connectivity index (χ1n) is 12.2. The molecule has 0 spiro atoms. The van der Waals surface area contributed by atoms with Gasteiger partial charge in [0.1, 0.15) is 0 Å². The fourth-order valence-electron chi connectivity index (χ4n) is 4.10. The van der Waals surface area contributed by atoms with Gasteiger partial charge in [-0.05, 0) is 62.4 Å². The third kappa shape index (κ3) is 6.71. The lowest BCUT2D eigenvalue weighted by Crippen LogP contribution is -2.29. The van der Waals surface area contributed by atoms with E-state index in [1.54, 1.807) is 12.1 Å². The maximum Gasteiger partial charge on any atom is 0.194 e. The molecule has 184 valence electrons. The number of benzene rings is 3. The second-order valence-corrected chi connectivity index (χ2v) is 9.11. The van der Waals surface area contributed by atoms with Gasteiger partial charge in [0.25, 0.3) is 0 Å². The average molecular weight is 494 g/mol. The first-order valence-corrected chi connectivity index (χ1v) is 12.6. The number of anilines is 2. The predicted molar refractivity (Wildman–Crippen MR) is 139 cm³/mol. The molecule has 0 bridgehead atoms. The van der Waals surface area contributed by atoms with Crippen molar-refractivity contribution >= 4 is 28.8 Å². The molecule has 3 aromatic rings. The molecule has 3 aromatic carbocycles. The van der Waals surface area contributed by atoms with Crippen LogP contribution in [0.4, 0.5) is 11.4 Å². The van der Waals surface area contributed by atoms with Gasteiger partial charge in [0.05, 0.1) is 11.6 Å². The molecule has 0 amide bonds. The summed E-state index contributed by atoms with van der Waals surface area (Å²) in [5.41, 5.74) is 4.76. The number of nitrogens with one attached hydrogen (secondary N) is 1. The van der Waals surface area contributed by atoms with E-state index in [0.29, 0.717) is 22.8 Å². The van der Waals surface area contributed by atoms with Gasteiger partial charge in [-0.2, -0.15) is 0 Å². The van der Waals surface area contributed by atoms with Crippen LogP contribution in [0.1, 0.15) is 59.7 Å². The number of para-hydroxylation sites is 1. The smallest absolute Gasteiger partial charge is 0.194 e. The van der Waals surface area contributed by atoms with Crippen LogP contribution in [0.25, 0.3) is 0 Å². The molecule has 1 heterocycles.